The molecule has 27 heavy (non-hydrogen) atoms. The average molecular weight is 399 g/mol. The molecule has 0 saturated heterocycles. The van der Waals surface area contributed by atoms with Crippen LogP contribution < -0.4 is 4.72 Å². The molecule has 0 fully saturated rings. The number of hydrogen-bond donors (Lipinski definition) is 1. The maximum Gasteiger partial charge on any atom is 0.411 e. The molecule has 0 aromatic heterocycles. The van der Waals surface area contributed by atoms with Gasteiger partial charge in [-0.1, -0.05) is 30.3 Å². The monoisotopic (exact) mass is 399 g/mol. The minimum atomic E-state index is -4.35. The molecule has 3 rings (SSSR count). The highest BCUT2D eigenvalue weighted by atomic mass is 32.2. The number of ether oxygens (including phenoxy) is 1. The number of hydrogen-bond acceptors (Lipinski definition) is 3. The fourth-order valence-corrected chi connectivity index (χ4v) is 4.08. The Kier molecular flexibility index (Phi) is 5.88. The van der Waals surface area contributed by atoms with Gasteiger partial charge in [0.05, 0.1) is 11.5 Å². The third kappa shape index (κ3) is 5.54. The second-order valence-corrected chi connectivity index (χ2v) is 8.30. The van der Waals surface area contributed by atoms with E-state index in [4.69, 9.17) is 0 Å². The number of nitrogens with one attached hydrogen (secondary N) is 1. The van der Waals surface area contributed by atoms with E-state index >= 15 is 0 Å². The minimum Gasteiger partial charge on any atom is -0.367 e. The molecule has 2 aromatic rings. The fraction of sp³-hybridized carbons (Fsp3) is 0.368. The average Bonchev–Trinajstić information content (AvgIpc) is 3.08. The van der Waals surface area contributed by atoms with Crippen molar-refractivity contribution in [2.45, 2.75) is 43.5 Å². The molecule has 0 radical (unpaired) electrons. The van der Waals surface area contributed by atoms with E-state index in [2.05, 4.69) is 9.46 Å². The Hall–Kier alpha value is -1.90. The topological polar surface area (TPSA) is 55.4 Å². The zero-order valence-corrected chi connectivity index (χ0v) is 15.4. The Morgan fingerprint density at radius 1 is 0.963 bits per heavy atom. The summed E-state index contributed by atoms with van der Waals surface area (Å²) < 4.78 is 68.3. The zero-order valence-electron chi connectivity index (χ0n) is 14.6. The van der Waals surface area contributed by atoms with E-state index in [0.717, 1.165) is 24.8 Å². The van der Waals surface area contributed by atoms with Crippen molar-refractivity contribution in [1.29, 1.82) is 0 Å². The molecule has 0 aliphatic heterocycles. The quantitative estimate of drug-likeness (QED) is 0.772. The number of halogens is 3. The standard InChI is InChI=1S/C19H20F3NO3S/c20-19(21,22)13-26-12-15-6-4-14(5-7-15)11-23-27(24,25)18-9-8-16-2-1-3-17(16)10-18/h4-10,23H,1-3,11-13H2. The van der Waals surface area contributed by atoms with Crippen molar-refractivity contribution in [2.24, 2.45) is 0 Å². The van der Waals surface area contributed by atoms with E-state index in [9.17, 15) is 21.6 Å². The lowest BCUT2D eigenvalue weighted by Gasteiger charge is -2.10. The van der Waals surface area contributed by atoms with E-state index in [1.807, 2.05) is 6.07 Å². The summed E-state index contributed by atoms with van der Waals surface area (Å²) in [6.07, 6.45) is -1.42. The molecule has 8 heteroatoms. The molecule has 0 bridgehead atoms. The Bertz CT molecular complexity index is 893. The van der Waals surface area contributed by atoms with Crippen LogP contribution in [0.1, 0.15) is 28.7 Å². The van der Waals surface area contributed by atoms with Crippen molar-refractivity contribution >= 4 is 10.0 Å². The molecule has 2 aromatic carbocycles. The Labute approximate surface area is 156 Å². The number of aryl methyl sites for hydroxylation is 2. The number of fused-ring (bicyclic) bond motifs is 1. The van der Waals surface area contributed by atoms with E-state index in [1.165, 1.54) is 5.56 Å². The second kappa shape index (κ2) is 8.00. The first-order chi connectivity index (χ1) is 12.7. The van der Waals surface area contributed by atoms with Crippen LogP contribution in [0.4, 0.5) is 13.2 Å². The summed E-state index contributed by atoms with van der Waals surface area (Å²) in [5.41, 5.74) is 3.59. The molecule has 0 unspecified atom stereocenters. The summed E-state index contributed by atoms with van der Waals surface area (Å²) >= 11 is 0. The fourth-order valence-electron chi connectivity index (χ4n) is 3.01. The predicted molar refractivity (Wildman–Crippen MR) is 94.6 cm³/mol. The maximum atomic E-state index is 12.5. The van der Waals surface area contributed by atoms with E-state index < -0.39 is 22.8 Å². The highest BCUT2D eigenvalue weighted by Gasteiger charge is 2.27. The van der Waals surface area contributed by atoms with Gasteiger partial charge in [0.15, 0.2) is 0 Å². The Morgan fingerprint density at radius 3 is 2.33 bits per heavy atom. The van der Waals surface area contributed by atoms with Crippen molar-refractivity contribution in [3.8, 4) is 0 Å². The third-order valence-corrected chi connectivity index (χ3v) is 5.80. The van der Waals surface area contributed by atoms with Crippen LogP contribution >= 0.6 is 0 Å². The van der Waals surface area contributed by atoms with Gasteiger partial charge in [0.25, 0.3) is 0 Å². The van der Waals surface area contributed by atoms with Gasteiger partial charge < -0.3 is 4.74 Å². The number of alkyl halides is 3. The van der Waals surface area contributed by atoms with Crippen LogP contribution in [0.15, 0.2) is 47.4 Å². The first-order valence-corrected chi connectivity index (χ1v) is 10.0. The smallest absolute Gasteiger partial charge is 0.367 e. The molecule has 4 nitrogen and oxygen atoms in total. The molecule has 0 heterocycles. The summed E-state index contributed by atoms with van der Waals surface area (Å²) in [7, 11) is -3.62. The van der Waals surface area contributed by atoms with Crippen LogP contribution in [0.25, 0.3) is 0 Å². The Balaban J connectivity index is 1.56. The van der Waals surface area contributed by atoms with Crippen molar-refractivity contribution in [3.63, 3.8) is 0 Å². The van der Waals surface area contributed by atoms with Gasteiger partial charge in [0.1, 0.15) is 6.61 Å². The molecule has 0 spiro atoms. The molecule has 0 amide bonds. The van der Waals surface area contributed by atoms with E-state index in [0.29, 0.717) is 11.1 Å². The highest BCUT2D eigenvalue weighted by molar-refractivity contribution is 7.89. The van der Waals surface area contributed by atoms with Gasteiger partial charge in [-0.15, -0.1) is 0 Å². The molecule has 146 valence electrons. The molecule has 0 atom stereocenters. The first-order valence-electron chi connectivity index (χ1n) is 8.57. The number of sulfonamides is 1. The predicted octanol–water partition coefficient (Wildman–Crippen LogP) is 3.73. The first kappa shape index (κ1) is 19.9. The number of benzene rings is 2. The van der Waals surface area contributed by atoms with Crippen molar-refractivity contribution in [2.75, 3.05) is 6.61 Å². The second-order valence-electron chi connectivity index (χ2n) is 6.53. The lowest BCUT2D eigenvalue weighted by molar-refractivity contribution is -0.176. The maximum absolute atomic E-state index is 12.5. The van der Waals surface area contributed by atoms with Crippen molar-refractivity contribution < 1.29 is 26.3 Å². The highest BCUT2D eigenvalue weighted by Crippen LogP contribution is 2.24. The summed E-state index contributed by atoms with van der Waals surface area (Å²) in [4.78, 5) is 0.250. The van der Waals surface area contributed by atoms with Gasteiger partial charge in [0, 0.05) is 6.54 Å². The van der Waals surface area contributed by atoms with Crippen molar-refractivity contribution in [1.82, 2.24) is 4.72 Å². The molecular weight excluding hydrogens is 379 g/mol. The molecule has 1 N–H and O–H groups in total. The van der Waals surface area contributed by atoms with Crippen LogP contribution in [0.5, 0.6) is 0 Å². The normalized spacial score (nSPS) is 14.3. The minimum absolute atomic E-state index is 0.100. The zero-order chi connectivity index (χ0) is 19.5. The van der Waals surface area contributed by atoms with Crippen LogP contribution in [0.2, 0.25) is 0 Å². The summed E-state index contributed by atoms with van der Waals surface area (Å²) in [6.45, 7) is -1.35. The number of rotatable bonds is 7. The Morgan fingerprint density at radius 2 is 1.63 bits per heavy atom. The summed E-state index contributed by atoms with van der Waals surface area (Å²) in [5, 5.41) is 0. The van der Waals surface area contributed by atoms with Crippen LogP contribution in [0, 0.1) is 0 Å². The lowest BCUT2D eigenvalue weighted by atomic mass is 10.1. The van der Waals surface area contributed by atoms with Gasteiger partial charge in [-0.05, 0) is 53.6 Å². The van der Waals surface area contributed by atoms with Crippen molar-refractivity contribution in [3.05, 3.63) is 64.7 Å². The van der Waals surface area contributed by atoms with E-state index in [1.54, 1.807) is 36.4 Å². The van der Waals surface area contributed by atoms with Gasteiger partial charge in [-0.3, -0.25) is 0 Å². The lowest BCUT2D eigenvalue weighted by Crippen LogP contribution is -2.23. The van der Waals surface area contributed by atoms with Gasteiger partial charge in [-0.25, -0.2) is 13.1 Å². The van der Waals surface area contributed by atoms with Crippen LogP contribution in [0.3, 0.4) is 0 Å². The SMILES string of the molecule is O=S(=O)(NCc1ccc(COCC(F)(F)F)cc1)c1ccc2c(c1)CCC2. The van der Waals surface area contributed by atoms with E-state index in [-0.39, 0.29) is 18.0 Å². The summed E-state index contributed by atoms with van der Waals surface area (Å²) in [5.74, 6) is 0. The van der Waals surface area contributed by atoms with Gasteiger partial charge in [-0.2, -0.15) is 13.2 Å². The molecular formula is C19H20F3NO3S. The van der Waals surface area contributed by atoms with Crippen LogP contribution in [-0.4, -0.2) is 21.2 Å². The molecule has 0 saturated carbocycles. The van der Waals surface area contributed by atoms with Gasteiger partial charge >= 0.3 is 6.18 Å². The third-order valence-electron chi connectivity index (χ3n) is 4.40. The van der Waals surface area contributed by atoms with Gasteiger partial charge in [0.2, 0.25) is 10.0 Å². The molecule has 1 aliphatic rings. The molecule has 1 aliphatic carbocycles. The largest absolute Gasteiger partial charge is 0.411 e. The summed E-state index contributed by atoms with van der Waals surface area (Å²) in [6, 6.07) is 11.8. The van der Waals surface area contributed by atoms with Crippen LogP contribution in [-0.2, 0) is 40.8 Å².